The van der Waals surface area contributed by atoms with Gasteiger partial charge in [0.2, 0.25) is 5.91 Å². The summed E-state index contributed by atoms with van der Waals surface area (Å²) in [5.74, 6) is -0.720. The molecule has 1 rings (SSSR count). The summed E-state index contributed by atoms with van der Waals surface area (Å²) in [5, 5.41) is 0. The summed E-state index contributed by atoms with van der Waals surface area (Å²) < 4.78 is 0. The maximum absolute atomic E-state index is 13.8. The standard InChI is InChI=1S/C30H57NO2/c1-3-5-7-9-11-13-15-19-23-27(29(31)33)28(32)30(25-21-17-18-22-26-30)24-20-16-14-12-10-8-6-4-2/h27H,3-26H2,1-2H3,(H2,31,33). The van der Waals surface area contributed by atoms with E-state index in [1.165, 1.54) is 96.3 Å². The topological polar surface area (TPSA) is 60.2 Å². The molecule has 1 unspecified atom stereocenters. The molecule has 194 valence electrons. The van der Waals surface area contributed by atoms with E-state index in [1.807, 2.05) is 0 Å². The van der Waals surface area contributed by atoms with Crippen LogP contribution in [0, 0.1) is 11.3 Å². The van der Waals surface area contributed by atoms with E-state index in [2.05, 4.69) is 13.8 Å². The number of primary amides is 1. The lowest BCUT2D eigenvalue weighted by molar-refractivity contribution is -0.140. The second kappa shape index (κ2) is 19.4. The van der Waals surface area contributed by atoms with Gasteiger partial charge < -0.3 is 5.73 Å². The number of unbranched alkanes of at least 4 members (excludes halogenated alkanes) is 14. The van der Waals surface area contributed by atoms with E-state index in [0.29, 0.717) is 6.42 Å². The number of amides is 1. The largest absolute Gasteiger partial charge is 0.369 e. The van der Waals surface area contributed by atoms with E-state index >= 15 is 0 Å². The van der Waals surface area contributed by atoms with Gasteiger partial charge in [0.1, 0.15) is 0 Å². The second-order valence-corrected chi connectivity index (χ2v) is 11.0. The van der Waals surface area contributed by atoms with E-state index in [1.54, 1.807) is 0 Å². The van der Waals surface area contributed by atoms with Gasteiger partial charge >= 0.3 is 0 Å². The quantitative estimate of drug-likeness (QED) is 0.105. The maximum Gasteiger partial charge on any atom is 0.228 e. The van der Waals surface area contributed by atoms with E-state index in [9.17, 15) is 9.59 Å². The minimum atomic E-state index is -0.558. The Balaban J connectivity index is 2.54. The third kappa shape index (κ3) is 13.0. The van der Waals surface area contributed by atoms with Crippen molar-refractivity contribution in [3.8, 4) is 0 Å². The van der Waals surface area contributed by atoms with E-state index in [0.717, 1.165) is 51.4 Å². The molecule has 0 spiro atoms. The lowest BCUT2D eigenvalue weighted by atomic mass is 9.68. The fourth-order valence-electron chi connectivity index (χ4n) is 5.88. The van der Waals surface area contributed by atoms with Crippen molar-refractivity contribution in [1.29, 1.82) is 0 Å². The zero-order valence-electron chi connectivity index (χ0n) is 22.4. The monoisotopic (exact) mass is 463 g/mol. The first-order valence-corrected chi connectivity index (χ1v) is 14.9. The molecule has 0 aromatic rings. The normalized spacial score (nSPS) is 16.9. The summed E-state index contributed by atoms with van der Waals surface area (Å²) in [6, 6.07) is 0. The summed E-state index contributed by atoms with van der Waals surface area (Å²) in [6.45, 7) is 4.51. The van der Waals surface area contributed by atoms with Gasteiger partial charge in [0.25, 0.3) is 0 Å². The van der Waals surface area contributed by atoms with Crippen LogP contribution >= 0.6 is 0 Å². The van der Waals surface area contributed by atoms with Crippen molar-refractivity contribution in [3.63, 3.8) is 0 Å². The number of carbonyl (C=O) groups is 2. The Morgan fingerprint density at radius 3 is 1.52 bits per heavy atom. The number of ketones is 1. The highest BCUT2D eigenvalue weighted by molar-refractivity contribution is 6.03. The minimum absolute atomic E-state index is 0.211. The van der Waals surface area contributed by atoms with E-state index in [-0.39, 0.29) is 17.1 Å². The van der Waals surface area contributed by atoms with E-state index in [4.69, 9.17) is 5.73 Å². The molecule has 0 radical (unpaired) electrons. The fraction of sp³-hybridized carbons (Fsp3) is 0.933. The summed E-state index contributed by atoms with van der Waals surface area (Å²) in [7, 11) is 0. The molecular formula is C30H57NO2. The highest BCUT2D eigenvalue weighted by Crippen LogP contribution is 2.43. The van der Waals surface area contributed by atoms with Crippen LogP contribution in [0.1, 0.15) is 168 Å². The van der Waals surface area contributed by atoms with Gasteiger partial charge in [0.05, 0.1) is 5.92 Å². The molecule has 1 saturated carbocycles. The molecule has 0 aliphatic heterocycles. The molecule has 1 amide bonds. The molecule has 1 aliphatic rings. The summed E-state index contributed by atoms with van der Waals surface area (Å²) in [6.07, 6.45) is 28.5. The molecule has 33 heavy (non-hydrogen) atoms. The Hall–Kier alpha value is -0.860. The SMILES string of the molecule is CCCCCCCCCCC(C(N)=O)C(=O)C1(CCCCCCCCCC)CCCCCC1. The predicted octanol–water partition coefficient (Wildman–Crippen LogP) is 9.06. The van der Waals surface area contributed by atoms with Crippen LogP contribution < -0.4 is 5.73 Å². The van der Waals surface area contributed by atoms with Gasteiger partial charge in [-0.1, -0.05) is 142 Å². The molecule has 3 nitrogen and oxygen atoms in total. The summed E-state index contributed by atoms with van der Waals surface area (Å²) >= 11 is 0. The lowest BCUT2D eigenvalue weighted by Gasteiger charge is -2.34. The van der Waals surface area contributed by atoms with Crippen molar-refractivity contribution < 1.29 is 9.59 Å². The van der Waals surface area contributed by atoms with Crippen LogP contribution in [0.15, 0.2) is 0 Å². The van der Waals surface area contributed by atoms with Crippen LogP contribution in [0.25, 0.3) is 0 Å². The Morgan fingerprint density at radius 2 is 1.06 bits per heavy atom. The van der Waals surface area contributed by atoms with Crippen molar-refractivity contribution in [1.82, 2.24) is 0 Å². The first-order chi connectivity index (χ1) is 16.1. The summed E-state index contributed by atoms with van der Waals surface area (Å²) in [5.41, 5.74) is 5.53. The average molecular weight is 464 g/mol. The highest BCUT2D eigenvalue weighted by Gasteiger charge is 2.42. The Labute approximate surface area is 206 Å². The molecule has 1 aliphatic carbocycles. The van der Waals surface area contributed by atoms with Crippen LogP contribution in [-0.2, 0) is 9.59 Å². The molecule has 0 saturated heterocycles. The number of rotatable bonds is 21. The number of hydrogen-bond acceptors (Lipinski definition) is 2. The van der Waals surface area contributed by atoms with Crippen molar-refractivity contribution >= 4 is 11.7 Å². The molecule has 1 fully saturated rings. The zero-order valence-corrected chi connectivity index (χ0v) is 22.4. The zero-order chi connectivity index (χ0) is 24.2. The lowest BCUT2D eigenvalue weighted by Crippen LogP contribution is -2.41. The molecular weight excluding hydrogens is 406 g/mol. The third-order valence-electron chi connectivity index (χ3n) is 8.10. The Kier molecular flexibility index (Phi) is 17.8. The van der Waals surface area contributed by atoms with Gasteiger partial charge in [-0.2, -0.15) is 0 Å². The Morgan fingerprint density at radius 1 is 0.636 bits per heavy atom. The first kappa shape index (κ1) is 30.2. The van der Waals surface area contributed by atoms with Gasteiger partial charge in [-0.25, -0.2) is 0 Å². The fourth-order valence-corrected chi connectivity index (χ4v) is 5.88. The van der Waals surface area contributed by atoms with Crippen LogP contribution in [0.2, 0.25) is 0 Å². The van der Waals surface area contributed by atoms with Gasteiger partial charge in [0.15, 0.2) is 5.78 Å². The number of nitrogens with two attached hydrogens (primary N) is 1. The van der Waals surface area contributed by atoms with Crippen LogP contribution in [0.5, 0.6) is 0 Å². The molecule has 0 heterocycles. The van der Waals surface area contributed by atoms with Gasteiger partial charge in [0, 0.05) is 5.41 Å². The van der Waals surface area contributed by atoms with Crippen LogP contribution in [0.3, 0.4) is 0 Å². The second-order valence-electron chi connectivity index (χ2n) is 11.0. The number of carbonyl (C=O) groups excluding carboxylic acids is 2. The van der Waals surface area contributed by atoms with Crippen molar-refractivity contribution in [3.05, 3.63) is 0 Å². The van der Waals surface area contributed by atoms with Gasteiger partial charge in [-0.3, -0.25) is 9.59 Å². The summed E-state index contributed by atoms with van der Waals surface area (Å²) in [4.78, 5) is 26.1. The van der Waals surface area contributed by atoms with Gasteiger partial charge in [-0.05, 0) is 25.7 Å². The average Bonchev–Trinajstić information content (AvgIpc) is 3.06. The minimum Gasteiger partial charge on any atom is -0.369 e. The van der Waals surface area contributed by atoms with Gasteiger partial charge in [-0.15, -0.1) is 0 Å². The maximum atomic E-state index is 13.8. The predicted molar refractivity (Wildman–Crippen MR) is 142 cm³/mol. The van der Waals surface area contributed by atoms with Crippen molar-refractivity contribution in [2.45, 2.75) is 168 Å². The molecule has 3 heteroatoms. The highest BCUT2D eigenvalue weighted by atomic mass is 16.2. The molecule has 1 atom stereocenters. The number of hydrogen-bond donors (Lipinski definition) is 1. The smallest absolute Gasteiger partial charge is 0.228 e. The molecule has 2 N–H and O–H groups in total. The van der Waals surface area contributed by atoms with Crippen molar-refractivity contribution in [2.75, 3.05) is 0 Å². The van der Waals surface area contributed by atoms with Crippen molar-refractivity contribution in [2.24, 2.45) is 17.1 Å². The third-order valence-corrected chi connectivity index (χ3v) is 8.10. The molecule has 0 aromatic heterocycles. The van der Waals surface area contributed by atoms with Crippen LogP contribution in [-0.4, -0.2) is 11.7 Å². The molecule has 0 aromatic carbocycles. The van der Waals surface area contributed by atoms with E-state index < -0.39 is 5.92 Å². The molecule has 0 bridgehead atoms. The van der Waals surface area contributed by atoms with Crippen LogP contribution in [0.4, 0.5) is 0 Å². The number of Topliss-reactive ketones (excluding diaryl/α,β-unsaturated/α-hetero) is 1. The first-order valence-electron chi connectivity index (χ1n) is 14.9. The Bertz CT molecular complexity index is 494.